The number of sulfonamides is 1. The number of hydrogen-bond acceptors (Lipinski definition) is 5. The number of ether oxygens (including phenoxy) is 1. The Balaban J connectivity index is 2.16. The first kappa shape index (κ1) is 14.5. The Morgan fingerprint density at radius 3 is 2.89 bits per heavy atom. The molecule has 106 valence electrons. The quantitative estimate of drug-likeness (QED) is 0.861. The van der Waals surface area contributed by atoms with E-state index in [0.717, 1.165) is 12.3 Å². The summed E-state index contributed by atoms with van der Waals surface area (Å²) in [5, 5.41) is 8.40. The minimum absolute atomic E-state index is 0.0941. The van der Waals surface area contributed by atoms with Crippen LogP contribution in [0.5, 0.6) is 5.75 Å². The van der Waals surface area contributed by atoms with Crippen LogP contribution in [0.15, 0.2) is 23.1 Å². The molecule has 5 nitrogen and oxygen atoms in total. The van der Waals surface area contributed by atoms with Crippen molar-refractivity contribution in [1.82, 2.24) is 0 Å². The van der Waals surface area contributed by atoms with E-state index in [1.165, 1.54) is 24.3 Å². The molecule has 1 saturated heterocycles. The lowest BCUT2D eigenvalue weighted by molar-refractivity contribution is 0.415. The molecule has 1 aliphatic rings. The summed E-state index contributed by atoms with van der Waals surface area (Å²) in [5.74, 6) is 3.58. The molecule has 2 rings (SSSR count). The van der Waals surface area contributed by atoms with Gasteiger partial charge in [-0.15, -0.1) is 0 Å². The highest BCUT2D eigenvalue weighted by Gasteiger charge is 2.17. The molecule has 1 aromatic carbocycles. The summed E-state index contributed by atoms with van der Waals surface area (Å²) in [7, 11) is -2.13. The van der Waals surface area contributed by atoms with Crippen LogP contribution in [0.4, 0.5) is 5.69 Å². The maximum absolute atomic E-state index is 11.4. The molecule has 1 aliphatic heterocycles. The lowest BCUT2D eigenvalue weighted by Crippen LogP contribution is -2.16. The summed E-state index contributed by atoms with van der Waals surface area (Å²) in [6.07, 6.45) is 1.19. The zero-order chi connectivity index (χ0) is 13.9. The number of benzene rings is 1. The van der Waals surface area contributed by atoms with E-state index in [2.05, 4.69) is 5.32 Å². The summed E-state index contributed by atoms with van der Waals surface area (Å²) in [4.78, 5) is 0.0941. The van der Waals surface area contributed by atoms with Gasteiger partial charge in [-0.25, -0.2) is 13.6 Å². The third-order valence-electron chi connectivity index (χ3n) is 3.10. The highest BCUT2D eigenvalue weighted by atomic mass is 32.2. The van der Waals surface area contributed by atoms with Crippen LogP contribution in [0.2, 0.25) is 0 Å². The van der Waals surface area contributed by atoms with Gasteiger partial charge in [0.05, 0.1) is 17.7 Å². The zero-order valence-electron chi connectivity index (χ0n) is 10.8. The van der Waals surface area contributed by atoms with Crippen LogP contribution in [-0.4, -0.2) is 33.6 Å². The Morgan fingerprint density at radius 2 is 2.32 bits per heavy atom. The first-order chi connectivity index (χ1) is 9.00. The van der Waals surface area contributed by atoms with Crippen molar-refractivity contribution >= 4 is 27.5 Å². The van der Waals surface area contributed by atoms with Gasteiger partial charge in [0, 0.05) is 6.54 Å². The average Bonchev–Trinajstić information content (AvgIpc) is 2.88. The molecule has 0 aromatic heterocycles. The number of methoxy groups -OCH3 is 1. The molecule has 7 heteroatoms. The number of anilines is 1. The van der Waals surface area contributed by atoms with Crippen molar-refractivity contribution in [2.24, 2.45) is 11.1 Å². The molecule has 1 aromatic rings. The fraction of sp³-hybridized carbons (Fsp3) is 0.500. The largest absolute Gasteiger partial charge is 0.495 e. The van der Waals surface area contributed by atoms with Crippen molar-refractivity contribution in [1.29, 1.82) is 0 Å². The molecule has 0 spiro atoms. The Morgan fingerprint density at radius 1 is 1.53 bits per heavy atom. The Hall–Kier alpha value is -0.920. The van der Waals surface area contributed by atoms with Crippen LogP contribution in [0, 0.1) is 5.92 Å². The monoisotopic (exact) mass is 302 g/mol. The van der Waals surface area contributed by atoms with Crippen LogP contribution < -0.4 is 15.2 Å². The number of thioether (sulfide) groups is 1. The number of primary sulfonamides is 1. The van der Waals surface area contributed by atoms with Crippen LogP contribution in [-0.2, 0) is 10.0 Å². The van der Waals surface area contributed by atoms with E-state index in [0.29, 0.717) is 17.4 Å². The van der Waals surface area contributed by atoms with E-state index in [-0.39, 0.29) is 4.90 Å². The third kappa shape index (κ3) is 3.77. The van der Waals surface area contributed by atoms with Gasteiger partial charge in [-0.05, 0) is 42.0 Å². The Kier molecular flexibility index (Phi) is 4.59. The molecular weight excluding hydrogens is 284 g/mol. The van der Waals surface area contributed by atoms with Gasteiger partial charge in [0.15, 0.2) is 0 Å². The molecule has 0 bridgehead atoms. The lowest BCUT2D eigenvalue weighted by atomic mass is 10.1. The van der Waals surface area contributed by atoms with Crippen LogP contribution >= 0.6 is 11.8 Å². The maximum atomic E-state index is 11.4. The number of nitrogens with one attached hydrogen (secondary N) is 1. The molecule has 19 heavy (non-hydrogen) atoms. The molecule has 3 N–H and O–H groups in total. The summed E-state index contributed by atoms with van der Waals surface area (Å²) >= 11 is 1.95. The summed E-state index contributed by atoms with van der Waals surface area (Å²) in [5.41, 5.74) is 0.672. The van der Waals surface area contributed by atoms with Gasteiger partial charge < -0.3 is 10.1 Å². The van der Waals surface area contributed by atoms with E-state index < -0.39 is 10.0 Å². The van der Waals surface area contributed by atoms with Crippen LogP contribution in [0.3, 0.4) is 0 Å². The molecule has 0 aliphatic carbocycles. The van der Waals surface area contributed by atoms with E-state index in [1.54, 1.807) is 13.2 Å². The number of hydrogen-bond donors (Lipinski definition) is 2. The Labute approximate surface area is 118 Å². The first-order valence-electron chi connectivity index (χ1n) is 6.03. The molecular formula is C12H18N2O3S2. The SMILES string of the molecule is COc1ccc(S(N)(=O)=O)cc1NCC1CCSC1. The van der Waals surface area contributed by atoms with E-state index >= 15 is 0 Å². The second-order valence-corrected chi connectivity index (χ2v) is 7.23. The fourth-order valence-corrected chi connectivity index (χ4v) is 3.83. The van der Waals surface area contributed by atoms with Gasteiger partial charge in [-0.2, -0.15) is 11.8 Å². The topological polar surface area (TPSA) is 81.4 Å². The summed E-state index contributed by atoms with van der Waals surface area (Å²) in [6, 6.07) is 4.59. The summed E-state index contributed by atoms with van der Waals surface area (Å²) < 4.78 is 27.9. The fourth-order valence-electron chi connectivity index (χ4n) is 2.00. The lowest BCUT2D eigenvalue weighted by Gasteiger charge is -2.15. The van der Waals surface area contributed by atoms with Gasteiger partial charge in [0.1, 0.15) is 5.75 Å². The second kappa shape index (κ2) is 6.02. The van der Waals surface area contributed by atoms with Crippen LogP contribution in [0.25, 0.3) is 0 Å². The highest BCUT2D eigenvalue weighted by Crippen LogP contribution is 2.29. The number of nitrogens with two attached hydrogens (primary N) is 1. The van der Waals surface area contributed by atoms with Crippen molar-refractivity contribution in [2.45, 2.75) is 11.3 Å². The Bertz CT molecular complexity index is 540. The predicted octanol–water partition coefficient (Wildman–Crippen LogP) is 1.51. The van der Waals surface area contributed by atoms with Crippen molar-refractivity contribution in [3.63, 3.8) is 0 Å². The van der Waals surface area contributed by atoms with Gasteiger partial charge in [-0.1, -0.05) is 0 Å². The smallest absolute Gasteiger partial charge is 0.238 e. The first-order valence-corrected chi connectivity index (χ1v) is 8.73. The molecule has 0 radical (unpaired) electrons. The normalized spacial score (nSPS) is 19.4. The second-order valence-electron chi connectivity index (χ2n) is 4.52. The standard InChI is InChI=1S/C12H18N2O3S2/c1-17-12-3-2-10(19(13,15)16)6-11(12)14-7-9-4-5-18-8-9/h2-3,6,9,14H,4-5,7-8H2,1H3,(H2,13,15,16). The van der Waals surface area contributed by atoms with E-state index in [9.17, 15) is 8.42 Å². The molecule has 0 saturated carbocycles. The predicted molar refractivity (Wildman–Crippen MR) is 78.3 cm³/mol. The van der Waals surface area contributed by atoms with E-state index in [1.807, 2.05) is 11.8 Å². The minimum Gasteiger partial charge on any atom is -0.495 e. The number of rotatable bonds is 5. The van der Waals surface area contributed by atoms with Crippen molar-refractivity contribution < 1.29 is 13.2 Å². The molecule has 1 fully saturated rings. The van der Waals surface area contributed by atoms with Crippen molar-refractivity contribution in [3.8, 4) is 5.75 Å². The third-order valence-corrected chi connectivity index (χ3v) is 5.25. The molecule has 0 amide bonds. The average molecular weight is 302 g/mol. The van der Waals surface area contributed by atoms with Gasteiger partial charge in [-0.3, -0.25) is 0 Å². The summed E-state index contributed by atoms with van der Waals surface area (Å²) in [6.45, 7) is 0.817. The van der Waals surface area contributed by atoms with Gasteiger partial charge in [0.2, 0.25) is 10.0 Å². The van der Waals surface area contributed by atoms with Crippen molar-refractivity contribution in [2.75, 3.05) is 30.5 Å². The van der Waals surface area contributed by atoms with Gasteiger partial charge in [0.25, 0.3) is 0 Å². The molecule has 1 heterocycles. The zero-order valence-corrected chi connectivity index (χ0v) is 12.4. The highest BCUT2D eigenvalue weighted by molar-refractivity contribution is 7.99. The van der Waals surface area contributed by atoms with Gasteiger partial charge >= 0.3 is 0 Å². The molecule has 1 unspecified atom stereocenters. The van der Waals surface area contributed by atoms with E-state index in [4.69, 9.17) is 9.88 Å². The molecule has 1 atom stereocenters. The van der Waals surface area contributed by atoms with Crippen molar-refractivity contribution in [3.05, 3.63) is 18.2 Å². The minimum atomic E-state index is -3.69. The van der Waals surface area contributed by atoms with Crippen LogP contribution in [0.1, 0.15) is 6.42 Å². The maximum Gasteiger partial charge on any atom is 0.238 e.